The first-order valence-corrected chi connectivity index (χ1v) is 8.07. The molecule has 0 fully saturated rings. The van der Waals surface area contributed by atoms with Crippen molar-refractivity contribution in [3.05, 3.63) is 39.9 Å². The molecule has 1 N–H and O–H groups in total. The molecule has 0 unspecified atom stereocenters. The topological polar surface area (TPSA) is 34.1 Å². The molecule has 0 saturated carbocycles. The van der Waals surface area contributed by atoms with Crippen LogP contribution in [0.3, 0.4) is 0 Å². The van der Waals surface area contributed by atoms with Gasteiger partial charge in [-0.25, -0.2) is 4.98 Å². The van der Waals surface area contributed by atoms with Crippen LogP contribution >= 0.6 is 22.9 Å². The Balaban J connectivity index is 2.28. The number of hydrogen-bond donors (Lipinski definition) is 1. The molecule has 2 aromatic rings. The summed E-state index contributed by atoms with van der Waals surface area (Å²) in [5.41, 5.74) is 2.12. The van der Waals surface area contributed by atoms with Crippen LogP contribution in [0.5, 0.6) is 0 Å². The minimum Gasteiger partial charge on any atom is -0.378 e. The lowest BCUT2D eigenvalue weighted by atomic mass is 10.1. The molecule has 0 amide bonds. The number of nitrogens with zero attached hydrogens (tertiary/aromatic N) is 1. The predicted molar refractivity (Wildman–Crippen MR) is 89.9 cm³/mol. The van der Waals surface area contributed by atoms with Gasteiger partial charge in [0.2, 0.25) is 0 Å². The fourth-order valence-electron chi connectivity index (χ4n) is 1.86. The highest BCUT2D eigenvalue weighted by Crippen LogP contribution is 2.30. The maximum absolute atomic E-state index is 6.06. The number of thiazole rings is 1. The van der Waals surface area contributed by atoms with Gasteiger partial charge in [0, 0.05) is 34.7 Å². The normalized spacial score (nSPS) is 11.9. The second-order valence-electron chi connectivity index (χ2n) is 5.94. The highest BCUT2D eigenvalue weighted by Gasteiger charge is 2.15. The molecule has 0 spiro atoms. The Kier molecular flexibility index (Phi) is 5.38. The molecule has 2 rings (SSSR count). The molecular weight excluding hydrogens is 304 g/mol. The van der Waals surface area contributed by atoms with Crippen LogP contribution in [0.25, 0.3) is 10.6 Å². The first-order chi connectivity index (χ1) is 9.89. The van der Waals surface area contributed by atoms with Gasteiger partial charge in [0.25, 0.3) is 0 Å². The largest absolute Gasteiger partial charge is 0.378 e. The number of benzene rings is 1. The van der Waals surface area contributed by atoms with Gasteiger partial charge >= 0.3 is 0 Å². The number of rotatable bonds is 5. The summed E-state index contributed by atoms with van der Waals surface area (Å²) in [5, 5.41) is 5.21. The third-order valence-corrected chi connectivity index (χ3v) is 4.29. The number of aromatic nitrogens is 1. The van der Waals surface area contributed by atoms with Crippen LogP contribution in [0.15, 0.2) is 24.3 Å². The van der Waals surface area contributed by atoms with E-state index in [0.29, 0.717) is 6.61 Å². The van der Waals surface area contributed by atoms with E-state index in [1.54, 1.807) is 18.4 Å². The SMILES string of the molecule is COCc1nc(-c2cccc(Cl)c2)sc1CNC(C)(C)C. The first-order valence-electron chi connectivity index (χ1n) is 6.87. The summed E-state index contributed by atoms with van der Waals surface area (Å²) < 4.78 is 5.26. The zero-order valence-corrected chi connectivity index (χ0v) is 14.4. The van der Waals surface area contributed by atoms with E-state index in [1.165, 1.54) is 4.88 Å². The molecule has 1 aromatic heterocycles. The Morgan fingerprint density at radius 3 is 2.71 bits per heavy atom. The second kappa shape index (κ2) is 6.88. The van der Waals surface area contributed by atoms with Crippen molar-refractivity contribution >= 4 is 22.9 Å². The smallest absolute Gasteiger partial charge is 0.124 e. The van der Waals surface area contributed by atoms with Gasteiger partial charge in [-0.1, -0.05) is 23.7 Å². The zero-order valence-electron chi connectivity index (χ0n) is 12.9. The summed E-state index contributed by atoms with van der Waals surface area (Å²) in [4.78, 5) is 5.92. The lowest BCUT2D eigenvalue weighted by molar-refractivity contribution is 0.181. The van der Waals surface area contributed by atoms with E-state index in [-0.39, 0.29) is 5.54 Å². The highest BCUT2D eigenvalue weighted by molar-refractivity contribution is 7.15. The molecule has 114 valence electrons. The van der Waals surface area contributed by atoms with Gasteiger partial charge in [0.05, 0.1) is 12.3 Å². The lowest BCUT2D eigenvalue weighted by Crippen LogP contribution is -2.35. The number of hydrogen-bond acceptors (Lipinski definition) is 4. The highest BCUT2D eigenvalue weighted by atomic mass is 35.5. The van der Waals surface area contributed by atoms with Gasteiger partial charge in [-0.05, 0) is 32.9 Å². The second-order valence-corrected chi connectivity index (χ2v) is 7.46. The molecule has 0 atom stereocenters. The minimum atomic E-state index is 0.0740. The third kappa shape index (κ3) is 4.78. The molecular formula is C16H21ClN2OS. The van der Waals surface area contributed by atoms with Gasteiger partial charge in [0.15, 0.2) is 0 Å². The van der Waals surface area contributed by atoms with Gasteiger partial charge < -0.3 is 10.1 Å². The van der Waals surface area contributed by atoms with Gasteiger partial charge in [-0.15, -0.1) is 11.3 Å². The summed E-state index contributed by atoms with van der Waals surface area (Å²) in [6.07, 6.45) is 0. The minimum absolute atomic E-state index is 0.0740. The van der Waals surface area contributed by atoms with E-state index in [0.717, 1.165) is 27.8 Å². The van der Waals surface area contributed by atoms with Crippen molar-refractivity contribution in [2.24, 2.45) is 0 Å². The van der Waals surface area contributed by atoms with Crippen LogP contribution in [0.2, 0.25) is 5.02 Å². The van der Waals surface area contributed by atoms with Crippen LogP contribution in [-0.2, 0) is 17.9 Å². The zero-order chi connectivity index (χ0) is 15.5. The summed E-state index contributed by atoms with van der Waals surface area (Å²) in [6.45, 7) is 7.78. The molecule has 0 radical (unpaired) electrons. The molecule has 1 heterocycles. The fraction of sp³-hybridized carbons (Fsp3) is 0.438. The summed E-state index contributed by atoms with van der Waals surface area (Å²) in [6, 6.07) is 7.79. The predicted octanol–water partition coefficient (Wildman–Crippen LogP) is 4.50. The quantitative estimate of drug-likeness (QED) is 0.879. The van der Waals surface area contributed by atoms with Crippen LogP contribution in [-0.4, -0.2) is 17.6 Å². The van der Waals surface area contributed by atoms with Crippen LogP contribution in [0, 0.1) is 0 Å². The molecule has 5 heteroatoms. The molecule has 3 nitrogen and oxygen atoms in total. The van der Waals surface area contributed by atoms with E-state index in [4.69, 9.17) is 21.3 Å². The van der Waals surface area contributed by atoms with Crippen molar-refractivity contribution in [3.8, 4) is 10.6 Å². The van der Waals surface area contributed by atoms with Crippen LogP contribution < -0.4 is 5.32 Å². The summed E-state index contributed by atoms with van der Waals surface area (Å²) in [7, 11) is 1.69. The number of ether oxygens (including phenoxy) is 1. The van der Waals surface area contributed by atoms with E-state index in [1.807, 2.05) is 24.3 Å². The summed E-state index contributed by atoms with van der Waals surface area (Å²) in [5.74, 6) is 0. The third-order valence-electron chi connectivity index (χ3n) is 2.91. The Bertz CT molecular complexity index is 605. The van der Waals surface area contributed by atoms with Crippen molar-refractivity contribution in [2.45, 2.75) is 39.5 Å². The molecule has 0 saturated heterocycles. The van der Waals surface area contributed by atoms with Crippen molar-refractivity contribution in [3.63, 3.8) is 0 Å². The molecule has 0 bridgehead atoms. The van der Waals surface area contributed by atoms with Crippen LogP contribution in [0.1, 0.15) is 31.3 Å². The van der Waals surface area contributed by atoms with Crippen molar-refractivity contribution in [2.75, 3.05) is 7.11 Å². The Hall–Kier alpha value is -0.940. The molecule has 0 aliphatic rings. The number of halogens is 1. The number of methoxy groups -OCH3 is 1. The molecule has 0 aliphatic heterocycles. The van der Waals surface area contributed by atoms with E-state index < -0.39 is 0 Å². The molecule has 21 heavy (non-hydrogen) atoms. The average molecular weight is 325 g/mol. The van der Waals surface area contributed by atoms with E-state index in [9.17, 15) is 0 Å². The van der Waals surface area contributed by atoms with Gasteiger partial charge in [0.1, 0.15) is 5.01 Å². The number of nitrogens with one attached hydrogen (secondary N) is 1. The summed E-state index contributed by atoms with van der Waals surface area (Å²) >= 11 is 7.75. The maximum atomic E-state index is 6.06. The Labute approximate surface area is 135 Å². The first kappa shape index (κ1) is 16.4. The van der Waals surface area contributed by atoms with Gasteiger partial charge in [-0.3, -0.25) is 0 Å². The fourth-order valence-corrected chi connectivity index (χ4v) is 3.05. The average Bonchev–Trinajstić information content (AvgIpc) is 2.79. The Morgan fingerprint density at radius 2 is 2.10 bits per heavy atom. The monoisotopic (exact) mass is 324 g/mol. The van der Waals surface area contributed by atoms with Crippen molar-refractivity contribution in [1.29, 1.82) is 0 Å². The molecule has 0 aliphatic carbocycles. The maximum Gasteiger partial charge on any atom is 0.124 e. The van der Waals surface area contributed by atoms with E-state index in [2.05, 4.69) is 26.1 Å². The van der Waals surface area contributed by atoms with Crippen LogP contribution in [0.4, 0.5) is 0 Å². The van der Waals surface area contributed by atoms with Crippen molar-refractivity contribution in [1.82, 2.24) is 10.3 Å². The van der Waals surface area contributed by atoms with E-state index >= 15 is 0 Å². The standard InChI is InChI=1S/C16H21ClN2OS/c1-16(2,3)18-9-14-13(10-20-4)19-15(21-14)11-6-5-7-12(17)8-11/h5-8,18H,9-10H2,1-4H3. The Morgan fingerprint density at radius 1 is 1.33 bits per heavy atom. The van der Waals surface area contributed by atoms with Gasteiger partial charge in [-0.2, -0.15) is 0 Å². The molecule has 1 aromatic carbocycles. The lowest BCUT2D eigenvalue weighted by Gasteiger charge is -2.20. The van der Waals surface area contributed by atoms with Crippen molar-refractivity contribution < 1.29 is 4.74 Å².